The second kappa shape index (κ2) is 4.36. The van der Waals surface area contributed by atoms with Crippen LogP contribution in [0.1, 0.15) is 5.56 Å². The molecule has 1 heterocycles. The fourth-order valence-electron chi connectivity index (χ4n) is 1.99. The lowest BCUT2D eigenvalue weighted by Gasteiger charge is -2.12. The number of phenols is 1. The molecule has 2 aromatic rings. The zero-order valence-corrected chi connectivity index (χ0v) is 9.54. The Kier molecular flexibility index (Phi) is 2.70. The SMILES string of the molecule is OB1OCc2ccc(O)c(Oc3ccccc3)c21. The summed E-state index contributed by atoms with van der Waals surface area (Å²) in [4.78, 5) is 0. The largest absolute Gasteiger partial charge is 0.504 e. The smallest absolute Gasteiger partial charge is 0.495 e. The molecule has 0 saturated heterocycles. The average molecular weight is 242 g/mol. The van der Waals surface area contributed by atoms with Gasteiger partial charge in [-0.1, -0.05) is 24.3 Å². The van der Waals surface area contributed by atoms with Gasteiger partial charge in [-0.15, -0.1) is 0 Å². The Labute approximate surface area is 105 Å². The van der Waals surface area contributed by atoms with Gasteiger partial charge in [-0.3, -0.25) is 0 Å². The van der Waals surface area contributed by atoms with Gasteiger partial charge in [0.1, 0.15) is 5.75 Å². The minimum absolute atomic E-state index is 0.0119. The first-order chi connectivity index (χ1) is 8.75. The first-order valence-electron chi connectivity index (χ1n) is 5.63. The van der Waals surface area contributed by atoms with Crippen molar-refractivity contribution in [1.29, 1.82) is 0 Å². The molecule has 1 aliphatic heterocycles. The predicted molar refractivity (Wildman–Crippen MR) is 67.0 cm³/mol. The van der Waals surface area contributed by atoms with E-state index in [0.717, 1.165) is 5.56 Å². The van der Waals surface area contributed by atoms with Crippen molar-refractivity contribution in [2.45, 2.75) is 6.61 Å². The van der Waals surface area contributed by atoms with E-state index in [9.17, 15) is 10.1 Å². The fourth-order valence-corrected chi connectivity index (χ4v) is 1.99. The van der Waals surface area contributed by atoms with Crippen LogP contribution in [0.15, 0.2) is 42.5 Å². The Bertz CT molecular complexity index is 571. The quantitative estimate of drug-likeness (QED) is 0.781. The van der Waals surface area contributed by atoms with Gasteiger partial charge in [-0.05, 0) is 23.8 Å². The Balaban J connectivity index is 2.04. The van der Waals surface area contributed by atoms with Gasteiger partial charge in [-0.2, -0.15) is 0 Å². The Morgan fingerprint density at radius 2 is 1.89 bits per heavy atom. The van der Waals surface area contributed by atoms with Crippen molar-refractivity contribution in [3.63, 3.8) is 0 Å². The van der Waals surface area contributed by atoms with Crippen LogP contribution in [0, 0.1) is 0 Å². The van der Waals surface area contributed by atoms with Crippen LogP contribution in [-0.4, -0.2) is 17.2 Å². The molecule has 2 aromatic carbocycles. The summed E-state index contributed by atoms with van der Waals surface area (Å²) in [5, 5.41) is 19.6. The molecule has 0 atom stereocenters. The van der Waals surface area contributed by atoms with E-state index in [1.54, 1.807) is 24.3 Å². The summed E-state index contributed by atoms with van der Waals surface area (Å²) in [6.45, 7) is 0.321. The van der Waals surface area contributed by atoms with Gasteiger partial charge in [-0.25, -0.2) is 0 Å². The lowest BCUT2D eigenvalue weighted by atomic mass is 9.78. The maximum Gasteiger partial charge on any atom is 0.495 e. The van der Waals surface area contributed by atoms with Gasteiger partial charge in [0.05, 0.1) is 6.61 Å². The average Bonchev–Trinajstić information content (AvgIpc) is 2.76. The summed E-state index contributed by atoms with van der Waals surface area (Å²) in [7, 11) is -1.05. The molecule has 0 aliphatic carbocycles. The summed E-state index contributed by atoms with van der Waals surface area (Å²) in [5.74, 6) is 0.839. The van der Waals surface area contributed by atoms with Gasteiger partial charge in [0.15, 0.2) is 11.5 Å². The van der Waals surface area contributed by atoms with E-state index < -0.39 is 7.12 Å². The van der Waals surface area contributed by atoms with E-state index in [1.165, 1.54) is 0 Å². The monoisotopic (exact) mass is 242 g/mol. The van der Waals surface area contributed by atoms with Crippen molar-refractivity contribution >= 4 is 12.6 Å². The maximum absolute atomic E-state index is 9.86. The lowest BCUT2D eigenvalue weighted by Crippen LogP contribution is -2.29. The first kappa shape index (κ1) is 11.1. The van der Waals surface area contributed by atoms with Crippen molar-refractivity contribution < 1.29 is 19.5 Å². The van der Waals surface area contributed by atoms with Crippen molar-refractivity contribution in [2.75, 3.05) is 0 Å². The molecule has 0 aromatic heterocycles. The summed E-state index contributed by atoms with van der Waals surface area (Å²) in [5.41, 5.74) is 1.32. The Morgan fingerprint density at radius 3 is 2.67 bits per heavy atom. The first-order valence-corrected chi connectivity index (χ1v) is 5.63. The Morgan fingerprint density at radius 1 is 1.11 bits per heavy atom. The number of aromatic hydroxyl groups is 1. The second-order valence-corrected chi connectivity index (χ2v) is 4.07. The minimum Gasteiger partial charge on any atom is -0.504 e. The van der Waals surface area contributed by atoms with E-state index in [1.807, 2.05) is 18.2 Å². The van der Waals surface area contributed by atoms with Crippen molar-refractivity contribution in [2.24, 2.45) is 0 Å². The molecule has 5 heteroatoms. The van der Waals surface area contributed by atoms with Crippen molar-refractivity contribution in [1.82, 2.24) is 0 Å². The third kappa shape index (κ3) is 1.83. The number of benzene rings is 2. The summed E-state index contributed by atoms with van der Waals surface area (Å²) in [6, 6.07) is 12.4. The van der Waals surface area contributed by atoms with Gasteiger partial charge in [0.25, 0.3) is 0 Å². The van der Waals surface area contributed by atoms with Crippen LogP contribution in [0.5, 0.6) is 17.2 Å². The number of ether oxygens (including phenoxy) is 1. The number of para-hydroxylation sites is 1. The van der Waals surface area contributed by atoms with Gasteiger partial charge >= 0.3 is 7.12 Å². The van der Waals surface area contributed by atoms with E-state index in [2.05, 4.69) is 0 Å². The van der Waals surface area contributed by atoms with Gasteiger partial charge in [0, 0.05) is 5.46 Å². The predicted octanol–water partition coefficient (Wildman–Crippen LogP) is 1.40. The normalized spacial score (nSPS) is 13.5. The topological polar surface area (TPSA) is 58.9 Å². The highest BCUT2D eigenvalue weighted by atomic mass is 16.5. The summed E-state index contributed by atoms with van der Waals surface area (Å²) in [6.07, 6.45) is 0. The molecule has 2 N–H and O–H groups in total. The number of phenolic OH excluding ortho intramolecular Hbond substituents is 1. The summed E-state index contributed by atoms with van der Waals surface area (Å²) < 4.78 is 10.8. The molecule has 18 heavy (non-hydrogen) atoms. The second-order valence-electron chi connectivity index (χ2n) is 4.07. The third-order valence-electron chi connectivity index (χ3n) is 2.87. The number of hydrogen-bond donors (Lipinski definition) is 2. The molecule has 0 bridgehead atoms. The summed E-state index contributed by atoms with van der Waals surface area (Å²) >= 11 is 0. The zero-order valence-electron chi connectivity index (χ0n) is 9.54. The van der Waals surface area contributed by atoms with E-state index in [0.29, 0.717) is 17.8 Å². The molecule has 0 fully saturated rings. The molecular weight excluding hydrogens is 231 g/mol. The van der Waals surface area contributed by atoms with Crippen LogP contribution in [0.3, 0.4) is 0 Å². The maximum atomic E-state index is 9.86. The van der Waals surface area contributed by atoms with E-state index in [4.69, 9.17) is 9.39 Å². The van der Waals surface area contributed by atoms with Crippen LogP contribution in [0.25, 0.3) is 0 Å². The van der Waals surface area contributed by atoms with E-state index in [-0.39, 0.29) is 11.5 Å². The minimum atomic E-state index is -1.05. The van der Waals surface area contributed by atoms with Crippen LogP contribution in [0.2, 0.25) is 0 Å². The van der Waals surface area contributed by atoms with Gasteiger partial charge in [0.2, 0.25) is 0 Å². The number of fused-ring (bicyclic) bond motifs is 1. The molecule has 4 nitrogen and oxygen atoms in total. The van der Waals surface area contributed by atoms with Crippen molar-refractivity contribution in [3.8, 4) is 17.2 Å². The van der Waals surface area contributed by atoms with Crippen LogP contribution >= 0.6 is 0 Å². The fraction of sp³-hybridized carbons (Fsp3) is 0.0769. The molecular formula is C13H11BO4. The molecule has 90 valence electrons. The Hall–Kier alpha value is -1.98. The highest BCUT2D eigenvalue weighted by Crippen LogP contribution is 2.32. The molecule has 0 unspecified atom stereocenters. The molecule has 3 rings (SSSR count). The highest BCUT2D eigenvalue weighted by Gasteiger charge is 2.33. The van der Waals surface area contributed by atoms with Crippen molar-refractivity contribution in [3.05, 3.63) is 48.0 Å². The van der Waals surface area contributed by atoms with Crippen LogP contribution in [-0.2, 0) is 11.3 Å². The molecule has 0 radical (unpaired) electrons. The van der Waals surface area contributed by atoms with Gasteiger partial charge < -0.3 is 19.5 Å². The zero-order chi connectivity index (χ0) is 12.5. The number of hydrogen-bond acceptors (Lipinski definition) is 4. The van der Waals surface area contributed by atoms with E-state index >= 15 is 0 Å². The molecule has 0 saturated carbocycles. The molecule has 0 amide bonds. The number of rotatable bonds is 2. The van der Waals surface area contributed by atoms with Crippen LogP contribution < -0.4 is 10.2 Å². The molecule has 0 spiro atoms. The molecule has 1 aliphatic rings. The third-order valence-corrected chi connectivity index (χ3v) is 2.87. The lowest BCUT2D eigenvalue weighted by molar-refractivity contribution is 0.275. The van der Waals surface area contributed by atoms with Crippen LogP contribution in [0.4, 0.5) is 0 Å². The highest BCUT2D eigenvalue weighted by molar-refractivity contribution is 6.62. The standard InChI is InChI=1S/C13H11BO4/c15-11-7-6-9-8-17-14(16)12(9)13(11)18-10-4-2-1-3-5-10/h1-7,15-16H,8H2.